The molecule has 14 heavy (non-hydrogen) atoms. The maximum absolute atomic E-state index is 3.24. The molecule has 1 rings (SSSR count). The molecule has 0 aromatic heterocycles. The summed E-state index contributed by atoms with van der Waals surface area (Å²) in [5, 5.41) is 6.31. The van der Waals surface area contributed by atoms with Crippen LogP contribution in [0.1, 0.15) is 0 Å². The molecule has 0 atom stereocenters. The number of hydrogen-bond donors (Lipinski definition) is 2. The van der Waals surface area contributed by atoms with Crippen molar-refractivity contribution in [3.8, 4) is 0 Å². The van der Waals surface area contributed by atoms with Crippen LogP contribution in [0.4, 0.5) is 0 Å². The molecule has 78 valence electrons. The van der Waals surface area contributed by atoms with E-state index < -0.39 is 0 Å². The van der Waals surface area contributed by atoms with Gasteiger partial charge in [-0.05, 0) is 32.4 Å². The number of hydrogen-bond acceptors (Lipinski definition) is 3. The third-order valence-corrected chi connectivity index (χ3v) is 2.03. The fourth-order valence-corrected chi connectivity index (χ4v) is 1.20. The summed E-state index contributed by atoms with van der Waals surface area (Å²) in [6.45, 7) is 2.88. The van der Waals surface area contributed by atoms with Gasteiger partial charge in [-0.25, -0.2) is 0 Å². The minimum Gasteiger partial charge on any atom is -0.362 e. The highest BCUT2D eigenvalue weighted by Gasteiger charge is 1.96. The largest absolute Gasteiger partial charge is 0.362 e. The zero-order valence-electron chi connectivity index (χ0n) is 8.96. The van der Waals surface area contributed by atoms with Gasteiger partial charge in [0.2, 0.25) is 0 Å². The molecule has 0 spiro atoms. The van der Waals surface area contributed by atoms with Crippen LogP contribution in [0.25, 0.3) is 0 Å². The fourth-order valence-electron chi connectivity index (χ4n) is 1.20. The molecule has 0 amide bonds. The molecule has 0 aromatic carbocycles. The van der Waals surface area contributed by atoms with Crippen LogP contribution in [-0.4, -0.2) is 38.6 Å². The molecule has 1 heterocycles. The van der Waals surface area contributed by atoms with Gasteiger partial charge in [-0.15, -0.1) is 0 Å². The average molecular weight is 193 g/mol. The first-order chi connectivity index (χ1) is 6.83. The third kappa shape index (κ3) is 4.25. The van der Waals surface area contributed by atoms with Gasteiger partial charge in [0.15, 0.2) is 0 Å². The van der Waals surface area contributed by atoms with Crippen LogP contribution in [0.15, 0.2) is 36.2 Å². The minimum atomic E-state index is 0.901. The highest BCUT2D eigenvalue weighted by molar-refractivity contribution is 5.20. The smallest absolute Gasteiger partial charge is 0.0349 e. The highest BCUT2D eigenvalue weighted by Crippen LogP contribution is 1.97. The summed E-state index contributed by atoms with van der Waals surface area (Å²) in [7, 11) is 4.05. The van der Waals surface area contributed by atoms with E-state index in [1.54, 1.807) is 0 Å². The summed E-state index contributed by atoms with van der Waals surface area (Å²) in [6, 6.07) is 0. The summed E-state index contributed by atoms with van der Waals surface area (Å²) in [6.07, 6.45) is 10.5. The van der Waals surface area contributed by atoms with Crippen molar-refractivity contribution in [2.24, 2.45) is 0 Å². The van der Waals surface area contributed by atoms with Gasteiger partial charge in [-0.2, -0.15) is 0 Å². The zero-order chi connectivity index (χ0) is 10.2. The van der Waals surface area contributed by atoms with E-state index in [0.717, 1.165) is 25.3 Å². The Kier molecular flexibility index (Phi) is 5.04. The van der Waals surface area contributed by atoms with Gasteiger partial charge in [-0.3, -0.25) is 4.90 Å². The number of allylic oxidation sites excluding steroid dienone is 1. The third-order valence-electron chi connectivity index (χ3n) is 2.03. The second-order valence-corrected chi connectivity index (χ2v) is 3.39. The first-order valence-corrected chi connectivity index (χ1v) is 4.94. The van der Waals surface area contributed by atoms with Crippen molar-refractivity contribution in [2.75, 3.05) is 33.7 Å². The van der Waals surface area contributed by atoms with Crippen LogP contribution in [0.5, 0.6) is 0 Å². The SMILES string of the molecule is CNC/C=C\C1=C\CN(C)CC=CN1. The van der Waals surface area contributed by atoms with Gasteiger partial charge >= 0.3 is 0 Å². The maximum Gasteiger partial charge on any atom is 0.0349 e. The fraction of sp³-hybridized carbons (Fsp3) is 0.455. The van der Waals surface area contributed by atoms with Gasteiger partial charge in [0, 0.05) is 25.3 Å². The van der Waals surface area contributed by atoms with Crippen LogP contribution in [0.2, 0.25) is 0 Å². The van der Waals surface area contributed by atoms with E-state index >= 15 is 0 Å². The summed E-state index contributed by atoms with van der Waals surface area (Å²) >= 11 is 0. The van der Waals surface area contributed by atoms with Gasteiger partial charge in [0.25, 0.3) is 0 Å². The van der Waals surface area contributed by atoms with E-state index in [-0.39, 0.29) is 0 Å². The lowest BCUT2D eigenvalue weighted by molar-refractivity contribution is 0.409. The summed E-state index contributed by atoms with van der Waals surface area (Å²) in [5.74, 6) is 0. The average Bonchev–Trinajstić information content (AvgIpc) is 2.16. The van der Waals surface area contributed by atoms with Gasteiger partial charge in [-0.1, -0.05) is 12.2 Å². The van der Waals surface area contributed by atoms with Crippen molar-refractivity contribution in [1.82, 2.24) is 15.5 Å². The number of nitrogens with zero attached hydrogens (tertiary/aromatic N) is 1. The van der Waals surface area contributed by atoms with Crippen molar-refractivity contribution in [3.63, 3.8) is 0 Å². The van der Waals surface area contributed by atoms with E-state index in [1.165, 1.54) is 0 Å². The molecule has 0 fully saturated rings. The molecule has 2 N–H and O–H groups in total. The monoisotopic (exact) mass is 193 g/mol. The van der Waals surface area contributed by atoms with Gasteiger partial charge in [0.1, 0.15) is 0 Å². The molecule has 0 saturated carbocycles. The van der Waals surface area contributed by atoms with E-state index in [1.807, 2.05) is 13.2 Å². The van der Waals surface area contributed by atoms with Crippen molar-refractivity contribution < 1.29 is 0 Å². The number of likely N-dealkylation sites (N-methyl/N-ethyl adjacent to an activating group) is 2. The zero-order valence-corrected chi connectivity index (χ0v) is 8.96. The van der Waals surface area contributed by atoms with E-state index in [0.29, 0.717) is 0 Å². The Bertz CT molecular complexity index is 241. The normalized spacial score (nSPS) is 22.6. The van der Waals surface area contributed by atoms with Crippen LogP contribution in [0, 0.1) is 0 Å². The quantitative estimate of drug-likeness (QED) is 0.691. The predicted octanol–water partition coefficient (Wildman–Crippen LogP) is 0.695. The Balaban J connectivity index is 2.49. The second kappa shape index (κ2) is 6.40. The lowest BCUT2D eigenvalue weighted by atomic mass is 10.3. The van der Waals surface area contributed by atoms with E-state index in [9.17, 15) is 0 Å². The second-order valence-electron chi connectivity index (χ2n) is 3.39. The van der Waals surface area contributed by atoms with Crippen LogP contribution in [-0.2, 0) is 0 Å². The molecule has 3 heteroatoms. The van der Waals surface area contributed by atoms with Gasteiger partial charge in [0.05, 0.1) is 0 Å². The molecular weight excluding hydrogens is 174 g/mol. The Morgan fingerprint density at radius 1 is 1.57 bits per heavy atom. The number of rotatable bonds is 3. The molecule has 1 aliphatic heterocycles. The van der Waals surface area contributed by atoms with Crippen LogP contribution in [0.3, 0.4) is 0 Å². The van der Waals surface area contributed by atoms with Crippen LogP contribution < -0.4 is 10.6 Å². The Morgan fingerprint density at radius 3 is 3.21 bits per heavy atom. The topological polar surface area (TPSA) is 27.3 Å². The minimum absolute atomic E-state index is 0.901. The molecule has 0 aliphatic carbocycles. The maximum atomic E-state index is 3.24. The molecular formula is C11H19N3. The van der Waals surface area contributed by atoms with Crippen molar-refractivity contribution in [3.05, 3.63) is 36.2 Å². The molecule has 0 aromatic rings. The van der Waals surface area contributed by atoms with E-state index in [4.69, 9.17) is 0 Å². The molecule has 0 saturated heterocycles. The van der Waals surface area contributed by atoms with Crippen LogP contribution >= 0.6 is 0 Å². The summed E-state index contributed by atoms with van der Waals surface area (Å²) in [4.78, 5) is 2.25. The molecule has 1 aliphatic rings. The highest BCUT2D eigenvalue weighted by atomic mass is 15.1. The molecule has 3 nitrogen and oxygen atoms in total. The lowest BCUT2D eigenvalue weighted by Crippen LogP contribution is -2.21. The standard InChI is InChI=1S/C11H19N3/c1-12-7-3-5-11-6-10-14(2)9-4-8-13-11/h3-6,8,12-13H,7,9-10H2,1-2H3/b5-3-,8-4?,11-6-. The van der Waals surface area contributed by atoms with Crippen molar-refractivity contribution in [1.29, 1.82) is 0 Å². The predicted molar refractivity (Wildman–Crippen MR) is 60.9 cm³/mol. The summed E-state index contributed by atoms with van der Waals surface area (Å²) < 4.78 is 0. The van der Waals surface area contributed by atoms with E-state index in [2.05, 4.69) is 46.9 Å². The summed E-state index contributed by atoms with van der Waals surface area (Å²) in [5.41, 5.74) is 1.16. The number of nitrogens with one attached hydrogen (secondary N) is 2. The lowest BCUT2D eigenvalue weighted by Gasteiger charge is -2.15. The molecule has 0 bridgehead atoms. The van der Waals surface area contributed by atoms with Crippen molar-refractivity contribution >= 4 is 0 Å². The first kappa shape index (κ1) is 11.0. The van der Waals surface area contributed by atoms with Gasteiger partial charge < -0.3 is 10.6 Å². The molecule has 0 unspecified atom stereocenters. The Hall–Kier alpha value is -1.06. The Morgan fingerprint density at radius 2 is 2.43 bits per heavy atom. The molecule has 0 radical (unpaired) electrons. The Labute approximate surface area is 86.2 Å². The first-order valence-electron chi connectivity index (χ1n) is 4.94. The van der Waals surface area contributed by atoms with Crippen molar-refractivity contribution in [2.45, 2.75) is 0 Å².